The Bertz CT molecular complexity index is 3380. The maximum atomic E-state index is 15.6. The fraction of sp³-hybridized carbons (Fsp3) is 0.411. The number of anilines is 2. The number of aromatic nitrogens is 3. The topological polar surface area (TPSA) is 211 Å². The Hall–Kier alpha value is -7.13. The van der Waals surface area contributed by atoms with Crippen LogP contribution in [-0.4, -0.2) is 115 Å². The molecule has 4 fully saturated rings. The van der Waals surface area contributed by atoms with Gasteiger partial charge in [0.25, 0.3) is 21.6 Å². The van der Waals surface area contributed by atoms with Gasteiger partial charge in [0.05, 0.1) is 24.5 Å². The van der Waals surface area contributed by atoms with Crippen molar-refractivity contribution in [2.24, 2.45) is 5.41 Å². The number of rotatable bonds is 16. The zero-order chi connectivity index (χ0) is 52.8. The van der Waals surface area contributed by atoms with Crippen molar-refractivity contribution in [2.75, 3.05) is 69.8 Å². The van der Waals surface area contributed by atoms with E-state index in [2.05, 4.69) is 85.0 Å². The second kappa shape index (κ2) is 20.8. The van der Waals surface area contributed by atoms with Crippen LogP contribution in [0.5, 0.6) is 17.2 Å². The second-order valence-electron chi connectivity index (χ2n) is 21.1. The number of alkyl halides is 1. The Balaban J connectivity index is 0.810. The normalized spacial score (nSPS) is 19.2. The summed E-state index contributed by atoms with van der Waals surface area (Å²) >= 11 is 0. The minimum Gasteiger partial charge on any atom is -0.497 e. The molecule has 0 radical (unpaired) electrons. The smallest absolute Gasteiger partial charge is 0.297 e. The first-order valence-electron chi connectivity index (χ1n) is 26.0. The quantitative estimate of drug-likeness (QED) is 0.0607. The Morgan fingerprint density at radius 3 is 2.49 bits per heavy atom. The van der Waals surface area contributed by atoms with Gasteiger partial charge in [0, 0.05) is 119 Å². The summed E-state index contributed by atoms with van der Waals surface area (Å²) in [6, 6.07) is 25.4. The fourth-order valence-corrected chi connectivity index (χ4v) is 13.0. The number of piperidine rings is 1. The molecule has 3 saturated heterocycles. The minimum atomic E-state index is -4.83. The van der Waals surface area contributed by atoms with Crippen molar-refractivity contribution in [3.8, 4) is 17.2 Å². The predicted octanol–water partition coefficient (Wildman–Crippen LogP) is 9.89. The summed E-state index contributed by atoms with van der Waals surface area (Å²) in [6.07, 6.45) is 9.97. The maximum absolute atomic E-state index is 15.6. The molecule has 3 N–H and O–H groups in total. The van der Waals surface area contributed by atoms with Gasteiger partial charge in [-0.3, -0.25) is 24.7 Å². The van der Waals surface area contributed by atoms with Gasteiger partial charge in [0.1, 0.15) is 44.8 Å². The number of pyridine rings is 2. The lowest BCUT2D eigenvalue weighted by Crippen LogP contribution is -2.60. The number of halogens is 1. The molecule has 398 valence electrons. The molecule has 1 spiro atoms. The van der Waals surface area contributed by atoms with E-state index in [4.69, 9.17) is 23.6 Å². The van der Waals surface area contributed by atoms with Crippen LogP contribution in [0.4, 0.5) is 21.6 Å². The number of benzene rings is 3. The number of fused-ring (bicyclic) bond motifs is 2. The summed E-state index contributed by atoms with van der Waals surface area (Å²) in [5.41, 5.74) is 1.93. The van der Waals surface area contributed by atoms with E-state index in [0.29, 0.717) is 29.2 Å². The Kier molecular flexibility index (Phi) is 13.9. The zero-order valence-corrected chi connectivity index (χ0v) is 43.6. The molecule has 76 heavy (non-hydrogen) atoms. The molecule has 3 aromatic carbocycles. The molecule has 0 unspecified atom stereocenters. The van der Waals surface area contributed by atoms with Crippen LogP contribution in [0.2, 0.25) is 0 Å². The largest absolute Gasteiger partial charge is 0.497 e. The standard InChI is InChI=1S/C56H62FN9O9S/c1-36(2)42-6-4-5-7-43(42)47-34-63(33-37-8-10-40(72-3)11-9-37)21-22-65(47)39-29-55(30-39)14-19-64(20-15-55)50-28-48(75-41-26-38-12-18-58-53(38)60-31-41)45(32-59-50)54(67)62-76(70,71)49-27-46(66(68)69)51(52-44(49)13-23-74-52)61-35-56(57)16-24-73-25-17-56/h4-13,18,23,26-28,31-32,36,39,47,61H,14-17,19-22,24-25,29-30,33-35H2,1-3H3,(H,58,60)(H,62,67)/t47-/m0/s1. The number of hydrogen-bond donors (Lipinski definition) is 3. The highest BCUT2D eigenvalue weighted by molar-refractivity contribution is 7.90. The summed E-state index contributed by atoms with van der Waals surface area (Å²) in [6.45, 7) is 9.87. The molecular weight excluding hydrogens is 994 g/mol. The first kappa shape index (κ1) is 51.0. The summed E-state index contributed by atoms with van der Waals surface area (Å²) in [4.78, 5) is 45.1. The van der Waals surface area contributed by atoms with E-state index >= 15 is 4.39 Å². The number of nitrogens with zero attached hydrogens (tertiary/aromatic N) is 6. The Morgan fingerprint density at radius 1 is 0.961 bits per heavy atom. The summed E-state index contributed by atoms with van der Waals surface area (Å²) in [7, 11) is -3.14. The molecule has 1 aliphatic carbocycles. The van der Waals surface area contributed by atoms with Crippen LogP contribution in [0.15, 0.2) is 113 Å². The van der Waals surface area contributed by atoms with E-state index in [1.165, 1.54) is 41.4 Å². The molecular formula is C56H62FN9O9S. The SMILES string of the molecule is COc1ccc(CN2CCN(C3CC4(CCN(c5cc(Oc6cnc7[nH]ccc7c6)c(C(=O)NS(=O)(=O)c6cc([N+](=O)[O-])c(NCC7(F)CCOCC7)c7occc67)cn5)CC4)C3)[C@H](c3ccccc3C(C)C)C2)cc1. The molecule has 1 atom stereocenters. The predicted molar refractivity (Wildman–Crippen MR) is 285 cm³/mol. The van der Waals surface area contributed by atoms with Crippen molar-refractivity contribution in [2.45, 2.75) is 87.5 Å². The maximum Gasteiger partial charge on any atom is 0.297 e. The van der Waals surface area contributed by atoms with Crippen LogP contribution in [-0.2, 0) is 21.3 Å². The zero-order valence-electron chi connectivity index (χ0n) is 42.8. The first-order valence-corrected chi connectivity index (χ1v) is 27.5. The average molecular weight is 1060 g/mol. The number of nitro benzene ring substituents is 1. The molecule has 0 bridgehead atoms. The molecule has 20 heteroatoms. The second-order valence-corrected chi connectivity index (χ2v) is 22.8. The lowest BCUT2D eigenvalue weighted by molar-refractivity contribution is -0.384. The Labute approximate surface area is 440 Å². The number of nitro groups is 1. The van der Waals surface area contributed by atoms with Gasteiger partial charge >= 0.3 is 0 Å². The highest BCUT2D eigenvalue weighted by Crippen LogP contribution is 2.53. The monoisotopic (exact) mass is 1060 g/mol. The van der Waals surface area contributed by atoms with E-state index in [9.17, 15) is 23.3 Å². The van der Waals surface area contributed by atoms with Crippen LogP contribution in [0.3, 0.4) is 0 Å². The summed E-state index contributed by atoms with van der Waals surface area (Å²) < 4.78 is 68.9. The highest BCUT2D eigenvalue weighted by Gasteiger charge is 2.50. The summed E-state index contributed by atoms with van der Waals surface area (Å²) in [5, 5.41) is 16.0. The van der Waals surface area contributed by atoms with Crippen molar-refractivity contribution >= 4 is 55.1 Å². The number of H-pyrrole nitrogens is 1. The number of amides is 1. The number of aromatic amines is 1. The average Bonchev–Trinajstić information content (AvgIpc) is 4.12. The van der Waals surface area contributed by atoms with E-state index in [1.807, 2.05) is 18.2 Å². The van der Waals surface area contributed by atoms with Crippen molar-refractivity contribution in [3.63, 3.8) is 0 Å². The fourth-order valence-electron chi connectivity index (χ4n) is 11.8. The van der Waals surface area contributed by atoms with Crippen LogP contribution in [0, 0.1) is 15.5 Å². The van der Waals surface area contributed by atoms with Gasteiger partial charge in [-0.1, -0.05) is 50.2 Å². The van der Waals surface area contributed by atoms with E-state index in [-0.39, 0.29) is 72.0 Å². The van der Waals surface area contributed by atoms with Gasteiger partial charge < -0.3 is 33.8 Å². The number of piperazine rings is 1. The molecule has 7 heterocycles. The van der Waals surface area contributed by atoms with Crippen LogP contribution in [0.1, 0.15) is 91.4 Å². The van der Waals surface area contributed by atoms with Gasteiger partial charge in [-0.05, 0) is 84.0 Å². The highest BCUT2D eigenvalue weighted by atomic mass is 32.2. The van der Waals surface area contributed by atoms with Gasteiger partial charge in [0.2, 0.25) is 0 Å². The first-order chi connectivity index (χ1) is 36.7. The molecule has 1 amide bonds. The molecule has 11 rings (SSSR count). The van der Waals surface area contributed by atoms with Crippen molar-refractivity contribution in [1.82, 2.24) is 29.5 Å². The Morgan fingerprint density at radius 2 is 1.74 bits per heavy atom. The van der Waals surface area contributed by atoms with Crippen LogP contribution < -0.4 is 24.4 Å². The number of carbonyl (C=O) groups excluding carboxylic acids is 1. The van der Waals surface area contributed by atoms with Crippen molar-refractivity contribution < 1.29 is 41.2 Å². The van der Waals surface area contributed by atoms with Crippen molar-refractivity contribution in [1.29, 1.82) is 0 Å². The van der Waals surface area contributed by atoms with Gasteiger partial charge in [-0.15, -0.1) is 0 Å². The molecule has 1 saturated carbocycles. The molecule has 7 aromatic rings. The number of furan rings is 1. The van der Waals surface area contributed by atoms with E-state index in [1.54, 1.807) is 25.4 Å². The summed E-state index contributed by atoms with van der Waals surface area (Å²) in [5.74, 6) is 1.06. The van der Waals surface area contributed by atoms with Crippen LogP contribution >= 0.6 is 0 Å². The number of nitrogens with one attached hydrogen (secondary N) is 3. The number of carbonyl (C=O) groups is 1. The van der Waals surface area contributed by atoms with E-state index in [0.717, 1.165) is 82.2 Å². The van der Waals surface area contributed by atoms with E-state index < -0.39 is 37.1 Å². The molecule has 4 aromatic heterocycles. The third-order valence-electron chi connectivity index (χ3n) is 16.1. The third-order valence-corrected chi connectivity index (χ3v) is 17.4. The number of sulfonamides is 1. The number of hydrogen-bond acceptors (Lipinski definition) is 15. The number of ether oxygens (including phenoxy) is 3. The lowest BCUT2D eigenvalue weighted by Gasteiger charge is -2.58. The molecule has 18 nitrogen and oxygen atoms in total. The van der Waals surface area contributed by atoms with Crippen LogP contribution in [0.25, 0.3) is 22.0 Å². The minimum absolute atomic E-state index is 0.0319. The van der Waals surface area contributed by atoms with Gasteiger partial charge in [0.15, 0.2) is 11.3 Å². The molecule has 3 aliphatic heterocycles. The lowest BCUT2D eigenvalue weighted by atomic mass is 9.59. The van der Waals surface area contributed by atoms with Gasteiger partial charge in [-0.25, -0.2) is 27.5 Å². The number of methoxy groups -OCH3 is 1. The molecule has 4 aliphatic rings. The van der Waals surface area contributed by atoms with Crippen molar-refractivity contribution in [3.05, 3.63) is 136 Å². The third kappa shape index (κ3) is 10.3. The van der Waals surface area contributed by atoms with Gasteiger partial charge in [-0.2, -0.15) is 0 Å².